The minimum atomic E-state index is 0.0372. The van der Waals surface area contributed by atoms with Crippen LogP contribution in [0.15, 0.2) is 48.5 Å². The van der Waals surface area contributed by atoms with Gasteiger partial charge in [0.25, 0.3) is 0 Å². The van der Waals surface area contributed by atoms with Gasteiger partial charge in [-0.2, -0.15) is 0 Å². The van der Waals surface area contributed by atoms with E-state index in [4.69, 9.17) is 14.2 Å². The summed E-state index contributed by atoms with van der Waals surface area (Å²) in [4.78, 5) is 11.9. The lowest BCUT2D eigenvalue weighted by molar-refractivity contribution is -0.121. The molecule has 0 aromatic heterocycles. The number of hydrogen-bond acceptors (Lipinski definition) is 4. The zero-order chi connectivity index (χ0) is 18.6. The van der Waals surface area contributed by atoms with Crippen molar-refractivity contribution in [3.05, 3.63) is 54.1 Å². The van der Waals surface area contributed by atoms with E-state index in [0.717, 1.165) is 29.2 Å². The normalized spacial score (nSPS) is 10.2. The first-order valence-corrected chi connectivity index (χ1v) is 8.97. The Morgan fingerprint density at radius 1 is 1.00 bits per heavy atom. The molecule has 0 bridgehead atoms. The molecule has 0 saturated carbocycles. The first-order valence-electron chi connectivity index (χ1n) is 8.97. The van der Waals surface area contributed by atoms with Crippen molar-refractivity contribution in [1.82, 2.24) is 5.32 Å². The molecule has 2 aromatic rings. The van der Waals surface area contributed by atoms with E-state index >= 15 is 0 Å². The van der Waals surface area contributed by atoms with E-state index in [2.05, 4.69) is 5.32 Å². The summed E-state index contributed by atoms with van der Waals surface area (Å²) in [5, 5.41) is 2.94. The van der Waals surface area contributed by atoms with E-state index in [1.54, 1.807) is 7.11 Å². The molecule has 0 saturated heterocycles. The fourth-order valence-corrected chi connectivity index (χ4v) is 2.56. The van der Waals surface area contributed by atoms with Crippen LogP contribution in [-0.4, -0.2) is 32.8 Å². The molecule has 1 amide bonds. The predicted molar refractivity (Wildman–Crippen MR) is 102 cm³/mol. The maximum Gasteiger partial charge on any atom is 0.220 e. The van der Waals surface area contributed by atoms with Gasteiger partial charge in [-0.25, -0.2) is 0 Å². The van der Waals surface area contributed by atoms with Crippen LogP contribution in [0.4, 0.5) is 0 Å². The molecule has 26 heavy (non-hydrogen) atoms. The molecular formula is C21H27NO4. The molecule has 5 nitrogen and oxygen atoms in total. The highest BCUT2D eigenvalue weighted by molar-refractivity contribution is 5.75. The van der Waals surface area contributed by atoms with Gasteiger partial charge in [-0.1, -0.05) is 18.2 Å². The van der Waals surface area contributed by atoms with Gasteiger partial charge in [0.2, 0.25) is 5.91 Å². The molecule has 0 unspecified atom stereocenters. The van der Waals surface area contributed by atoms with E-state index in [0.29, 0.717) is 32.6 Å². The second-order valence-electron chi connectivity index (χ2n) is 5.77. The van der Waals surface area contributed by atoms with Gasteiger partial charge < -0.3 is 19.5 Å². The predicted octanol–water partition coefficient (Wildman–Crippen LogP) is 3.61. The van der Waals surface area contributed by atoms with Crippen LogP contribution in [0.1, 0.15) is 25.3 Å². The molecule has 0 spiro atoms. The molecule has 0 atom stereocenters. The zero-order valence-corrected chi connectivity index (χ0v) is 15.5. The van der Waals surface area contributed by atoms with Crippen molar-refractivity contribution in [3.63, 3.8) is 0 Å². The highest BCUT2D eigenvalue weighted by atomic mass is 16.5. The molecule has 0 radical (unpaired) electrons. The summed E-state index contributed by atoms with van der Waals surface area (Å²) in [6.07, 6.45) is 1.87. The molecular weight excluding hydrogens is 330 g/mol. The molecule has 2 rings (SSSR count). The molecule has 2 aromatic carbocycles. The Labute approximate surface area is 155 Å². The van der Waals surface area contributed by atoms with Crippen LogP contribution in [0.25, 0.3) is 0 Å². The number of carbonyl (C=O) groups is 1. The van der Waals surface area contributed by atoms with Gasteiger partial charge in [0.05, 0.1) is 20.3 Å². The number of carbonyl (C=O) groups excluding carboxylic acids is 1. The average molecular weight is 357 g/mol. The summed E-state index contributed by atoms with van der Waals surface area (Å²) in [5.41, 5.74) is 1.09. The third-order valence-corrected chi connectivity index (χ3v) is 3.86. The lowest BCUT2D eigenvalue weighted by atomic mass is 10.1. The van der Waals surface area contributed by atoms with Crippen LogP contribution in [0.2, 0.25) is 0 Å². The minimum Gasteiger partial charge on any atom is -0.496 e. The number of rotatable bonds is 11. The summed E-state index contributed by atoms with van der Waals surface area (Å²) in [7, 11) is 1.65. The number of benzene rings is 2. The first kappa shape index (κ1) is 19.6. The second-order valence-corrected chi connectivity index (χ2v) is 5.77. The van der Waals surface area contributed by atoms with Gasteiger partial charge in [0.1, 0.15) is 17.2 Å². The molecule has 1 N–H and O–H groups in total. The number of nitrogens with one attached hydrogen (secondary N) is 1. The van der Waals surface area contributed by atoms with Crippen molar-refractivity contribution in [2.45, 2.75) is 26.2 Å². The van der Waals surface area contributed by atoms with Crippen LogP contribution < -0.4 is 19.5 Å². The lowest BCUT2D eigenvalue weighted by Crippen LogP contribution is -2.25. The fourth-order valence-electron chi connectivity index (χ4n) is 2.56. The van der Waals surface area contributed by atoms with Crippen LogP contribution >= 0.6 is 0 Å². The Morgan fingerprint density at radius 3 is 2.38 bits per heavy atom. The monoisotopic (exact) mass is 357 g/mol. The topological polar surface area (TPSA) is 56.8 Å². The summed E-state index contributed by atoms with van der Waals surface area (Å²) < 4.78 is 16.3. The summed E-state index contributed by atoms with van der Waals surface area (Å²) in [6, 6.07) is 15.3. The number of amides is 1. The summed E-state index contributed by atoms with van der Waals surface area (Å²) in [5.74, 6) is 2.50. The van der Waals surface area contributed by atoms with Crippen molar-refractivity contribution in [3.8, 4) is 17.2 Å². The largest absolute Gasteiger partial charge is 0.496 e. The van der Waals surface area contributed by atoms with Gasteiger partial charge in [-0.15, -0.1) is 0 Å². The van der Waals surface area contributed by atoms with Crippen molar-refractivity contribution < 1.29 is 19.0 Å². The Balaban J connectivity index is 1.60. The van der Waals surface area contributed by atoms with Crippen molar-refractivity contribution in [1.29, 1.82) is 0 Å². The van der Waals surface area contributed by atoms with Gasteiger partial charge in [-0.3, -0.25) is 4.79 Å². The van der Waals surface area contributed by atoms with Crippen LogP contribution in [0.5, 0.6) is 17.2 Å². The Hall–Kier alpha value is -2.69. The number of para-hydroxylation sites is 1. The Kier molecular flexibility index (Phi) is 8.33. The summed E-state index contributed by atoms with van der Waals surface area (Å²) >= 11 is 0. The van der Waals surface area contributed by atoms with Crippen molar-refractivity contribution >= 4 is 5.91 Å². The Morgan fingerprint density at radius 2 is 1.69 bits per heavy atom. The van der Waals surface area contributed by atoms with Gasteiger partial charge in [0, 0.05) is 13.0 Å². The van der Waals surface area contributed by atoms with E-state index in [-0.39, 0.29) is 5.91 Å². The molecule has 0 fully saturated rings. The van der Waals surface area contributed by atoms with Crippen LogP contribution in [0, 0.1) is 0 Å². The number of hydrogen-bond donors (Lipinski definition) is 1. The lowest BCUT2D eigenvalue weighted by Gasteiger charge is -2.10. The van der Waals surface area contributed by atoms with Crippen molar-refractivity contribution in [2.75, 3.05) is 26.9 Å². The third-order valence-electron chi connectivity index (χ3n) is 3.86. The number of methoxy groups -OCH3 is 1. The molecule has 140 valence electrons. The maximum atomic E-state index is 11.9. The van der Waals surface area contributed by atoms with Crippen LogP contribution in [0.3, 0.4) is 0 Å². The van der Waals surface area contributed by atoms with E-state index < -0.39 is 0 Å². The average Bonchev–Trinajstić information content (AvgIpc) is 2.67. The molecule has 5 heteroatoms. The highest BCUT2D eigenvalue weighted by Crippen LogP contribution is 2.18. The van der Waals surface area contributed by atoms with E-state index in [1.165, 1.54) is 0 Å². The van der Waals surface area contributed by atoms with Gasteiger partial charge in [0.15, 0.2) is 0 Å². The smallest absolute Gasteiger partial charge is 0.220 e. The third kappa shape index (κ3) is 6.67. The quantitative estimate of drug-likeness (QED) is 0.624. The van der Waals surface area contributed by atoms with Gasteiger partial charge >= 0.3 is 0 Å². The van der Waals surface area contributed by atoms with Crippen LogP contribution in [-0.2, 0) is 11.2 Å². The summed E-state index contributed by atoms with van der Waals surface area (Å²) in [6.45, 7) is 3.70. The van der Waals surface area contributed by atoms with Gasteiger partial charge in [-0.05, 0) is 55.7 Å². The fraction of sp³-hybridized carbons (Fsp3) is 0.381. The Bertz CT molecular complexity index is 670. The first-order chi connectivity index (χ1) is 12.7. The van der Waals surface area contributed by atoms with E-state index in [9.17, 15) is 4.79 Å². The minimum absolute atomic E-state index is 0.0372. The standard InChI is InChI=1S/C21H27NO4/c1-3-25-18-10-12-19(13-11-18)26-16-6-9-21(23)22-15-14-17-7-4-5-8-20(17)24-2/h4-5,7-8,10-13H,3,6,9,14-16H2,1-2H3,(H,22,23). The molecule has 0 heterocycles. The molecule has 0 aliphatic carbocycles. The number of ether oxygens (including phenoxy) is 3. The highest BCUT2D eigenvalue weighted by Gasteiger charge is 2.04. The zero-order valence-electron chi connectivity index (χ0n) is 15.5. The maximum absolute atomic E-state index is 11.9. The molecule has 0 aliphatic rings. The molecule has 0 aliphatic heterocycles. The SMILES string of the molecule is CCOc1ccc(OCCCC(=O)NCCc2ccccc2OC)cc1. The second kappa shape index (κ2) is 11.0. The van der Waals surface area contributed by atoms with Crippen molar-refractivity contribution in [2.24, 2.45) is 0 Å². The van der Waals surface area contributed by atoms with E-state index in [1.807, 2.05) is 55.5 Å².